The molecule has 0 spiro atoms. The molecule has 1 aliphatic heterocycles. The van der Waals surface area contributed by atoms with Crippen LogP contribution in [0.5, 0.6) is 0 Å². The average molecular weight is 281 g/mol. The van der Waals surface area contributed by atoms with Gasteiger partial charge in [0, 0.05) is 5.92 Å². The van der Waals surface area contributed by atoms with Crippen LogP contribution in [-0.2, 0) is 15.9 Å². The van der Waals surface area contributed by atoms with Crippen molar-refractivity contribution >= 4 is 16.9 Å². The molecule has 1 aromatic rings. The van der Waals surface area contributed by atoms with Crippen LogP contribution in [0, 0.1) is 5.92 Å². The van der Waals surface area contributed by atoms with Gasteiger partial charge in [-0.15, -0.1) is 0 Å². The highest BCUT2D eigenvalue weighted by atomic mass is 32.2. The Morgan fingerprint density at radius 2 is 1.89 bits per heavy atom. The second-order valence-corrected chi connectivity index (χ2v) is 5.96. The molecular formula is C14H19NO3S. The van der Waals surface area contributed by atoms with Crippen molar-refractivity contribution in [3.63, 3.8) is 0 Å². The van der Waals surface area contributed by atoms with Crippen LogP contribution in [0.1, 0.15) is 31.2 Å². The lowest BCUT2D eigenvalue weighted by Crippen LogP contribution is -2.33. The van der Waals surface area contributed by atoms with E-state index < -0.39 is 11.1 Å². The lowest BCUT2D eigenvalue weighted by molar-refractivity contribution is -0.119. The second-order valence-electron chi connectivity index (χ2n) is 4.99. The summed E-state index contributed by atoms with van der Waals surface area (Å²) in [5.41, 5.74) is 0.952. The number of carbonyl (C=O) groups is 1. The van der Waals surface area contributed by atoms with E-state index in [1.54, 1.807) is 31.2 Å². The van der Waals surface area contributed by atoms with Gasteiger partial charge in [-0.1, -0.05) is 12.1 Å². The molecular weight excluding hydrogens is 262 g/mol. The van der Waals surface area contributed by atoms with Gasteiger partial charge in [0.05, 0.1) is 4.90 Å². The monoisotopic (exact) mass is 281 g/mol. The Bertz CT molecular complexity index is 466. The molecule has 5 heteroatoms. The number of rotatable bonds is 4. The Morgan fingerprint density at radius 1 is 1.32 bits per heavy atom. The van der Waals surface area contributed by atoms with Crippen LogP contribution in [0.2, 0.25) is 0 Å². The first kappa shape index (κ1) is 14.4. The van der Waals surface area contributed by atoms with Crippen molar-refractivity contribution in [1.82, 2.24) is 5.32 Å². The Hall–Kier alpha value is -1.04. The van der Waals surface area contributed by atoms with Crippen LogP contribution >= 0.6 is 0 Å². The van der Waals surface area contributed by atoms with Crippen LogP contribution in [0.3, 0.4) is 0 Å². The second kappa shape index (κ2) is 6.41. The van der Waals surface area contributed by atoms with Crippen LogP contribution in [-0.4, -0.2) is 27.6 Å². The molecule has 104 valence electrons. The average Bonchev–Trinajstić information content (AvgIpc) is 2.40. The number of hydrogen-bond acceptors (Lipinski definition) is 3. The van der Waals surface area contributed by atoms with E-state index in [0.29, 0.717) is 10.8 Å². The van der Waals surface area contributed by atoms with Gasteiger partial charge in [0.1, 0.15) is 5.78 Å². The summed E-state index contributed by atoms with van der Waals surface area (Å²) in [5, 5.41) is 3.30. The largest absolute Gasteiger partial charge is 0.317 e. The van der Waals surface area contributed by atoms with Gasteiger partial charge in [-0.25, -0.2) is 4.21 Å². The molecule has 0 amide bonds. The quantitative estimate of drug-likeness (QED) is 0.828. The standard InChI is InChI=1S/C14H19NO3S/c1-10(16)14(12-6-8-15-9-7-12)11-2-4-13(5-3-11)19(17)18/h2-5,12,14-15H,6-9H2,1H3,(H,17,18). The minimum absolute atomic E-state index is 0.0942. The molecule has 0 aromatic heterocycles. The van der Waals surface area contributed by atoms with Crippen molar-refractivity contribution < 1.29 is 13.6 Å². The van der Waals surface area contributed by atoms with Crippen LogP contribution in [0.25, 0.3) is 0 Å². The SMILES string of the molecule is CC(=O)C(c1ccc(S(=O)O)cc1)C1CCNCC1. The van der Waals surface area contributed by atoms with E-state index in [1.807, 2.05) is 0 Å². The summed E-state index contributed by atoms with van der Waals surface area (Å²) in [6, 6.07) is 6.86. The van der Waals surface area contributed by atoms with Crippen molar-refractivity contribution in [1.29, 1.82) is 0 Å². The zero-order valence-electron chi connectivity index (χ0n) is 11.0. The van der Waals surface area contributed by atoms with Gasteiger partial charge in [-0.3, -0.25) is 4.79 Å². The lowest BCUT2D eigenvalue weighted by Gasteiger charge is -2.29. The highest BCUT2D eigenvalue weighted by molar-refractivity contribution is 7.79. The number of hydrogen-bond donors (Lipinski definition) is 2. The van der Waals surface area contributed by atoms with Crippen molar-refractivity contribution in [3.8, 4) is 0 Å². The number of carbonyl (C=O) groups excluding carboxylic acids is 1. The fraction of sp³-hybridized carbons (Fsp3) is 0.500. The molecule has 2 atom stereocenters. The summed E-state index contributed by atoms with van der Waals surface area (Å²) in [6.45, 7) is 3.53. The third kappa shape index (κ3) is 3.49. The first-order valence-corrected chi connectivity index (χ1v) is 7.62. The molecule has 2 rings (SSSR count). The van der Waals surface area contributed by atoms with Crippen molar-refractivity contribution in [2.75, 3.05) is 13.1 Å². The molecule has 1 heterocycles. The van der Waals surface area contributed by atoms with Crippen LogP contribution < -0.4 is 5.32 Å². The maximum Gasteiger partial charge on any atom is 0.186 e. The maximum atomic E-state index is 11.9. The zero-order chi connectivity index (χ0) is 13.8. The van der Waals surface area contributed by atoms with Gasteiger partial charge in [0.25, 0.3) is 0 Å². The van der Waals surface area contributed by atoms with Gasteiger partial charge >= 0.3 is 0 Å². The normalized spacial score (nSPS) is 19.9. The lowest BCUT2D eigenvalue weighted by atomic mass is 9.78. The molecule has 0 bridgehead atoms. The molecule has 19 heavy (non-hydrogen) atoms. The van der Waals surface area contributed by atoms with Gasteiger partial charge in [-0.05, 0) is 56.5 Å². The molecule has 0 saturated carbocycles. The molecule has 1 aromatic carbocycles. The smallest absolute Gasteiger partial charge is 0.186 e. The van der Waals surface area contributed by atoms with Crippen molar-refractivity contribution in [3.05, 3.63) is 29.8 Å². The summed E-state index contributed by atoms with van der Waals surface area (Å²) in [4.78, 5) is 12.3. The van der Waals surface area contributed by atoms with Crippen molar-refractivity contribution in [2.24, 2.45) is 5.92 Å². The molecule has 0 radical (unpaired) electrons. The fourth-order valence-corrected chi connectivity index (χ4v) is 3.18. The highest BCUT2D eigenvalue weighted by Crippen LogP contribution is 2.32. The Balaban J connectivity index is 2.23. The molecule has 2 N–H and O–H groups in total. The predicted molar refractivity (Wildman–Crippen MR) is 74.5 cm³/mol. The highest BCUT2D eigenvalue weighted by Gasteiger charge is 2.28. The summed E-state index contributed by atoms with van der Waals surface area (Å²) in [7, 11) is 0. The van der Waals surface area contributed by atoms with E-state index >= 15 is 0 Å². The molecule has 4 nitrogen and oxygen atoms in total. The van der Waals surface area contributed by atoms with E-state index in [1.165, 1.54) is 0 Å². The Morgan fingerprint density at radius 3 is 2.37 bits per heavy atom. The Kier molecular flexibility index (Phi) is 4.85. The predicted octanol–water partition coefficient (Wildman–Crippen LogP) is 1.94. The number of nitrogens with one attached hydrogen (secondary N) is 1. The van der Waals surface area contributed by atoms with E-state index in [2.05, 4.69) is 5.32 Å². The zero-order valence-corrected chi connectivity index (χ0v) is 11.8. The van der Waals surface area contributed by atoms with E-state index in [4.69, 9.17) is 4.55 Å². The van der Waals surface area contributed by atoms with Gasteiger partial charge < -0.3 is 9.87 Å². The third-order valence-electron chi connectivity index (χ3n) is 3.73. The molecule has 0 aliphatic carbocycles. The van der Waals surface area contributed by atoms with Gasteiger partial charge in [0.15, 0.2) is 11.1 Å². The van der Waals surface area contributed by atoms with Crippen LogP contribution in [0.4, 0.5) is 0 Å². The molecule has 1 fully saturated rings. The first-order valence-electron chi connectivity index (χ1n) is 6.51. The molecule has 2 unspecified atom stereocenters. The topological polar surface area (TPSA) is 66.4 Å². The summed E-state index contributed by atoms with van der Waals surface area (Å²) in [5.74, 6) is 0.442. The number of benzene rings is 1. The van der Waals surface area contributed by atoms with Crippen LogP contribution in [0.15, 0.2) is 29.2 Å². The minimum Gasteiger partial charge on any atom is -0.317 e. The van der Waals surface area contributed by atoms with Gasteiger partial charge in [-0.2, -0.15) is 0 Å². The fourth-order valence-electron chi connectivity index (χ4n) is 2.81. The third-order valence-corrected chi connectivity index (χ3v) is 4.41. The van der Waals surface area contributed by atoms with Gasteiger partial charge in [0.2, 0.25) is 0 Å². The summed E-state index contributed by atoms with van der Waals surface area (Å²) in [6.07, 6.45) is 2.00. The number of ketones is 1. The van der Waals surface area contributed by atoms with E-state index in [0.717, 1.165) is 31.5 Å². The van der Waals surface area contributed by atoms with Crippen molar-refractivity contribution in [2.45, 2.75) is 30.6 Å². The number of Topliss-reactive ketones (excluding diaryl/α,β-unsaturated/α-hetero) is 1. The van der Waals surface area contributed by atoms with E-state index in [9.17, 15) is 9.00 Å². The maximum absolute atomic E-state index is 11.9. The Labute approximate surface area is 115 Å². The molecule has 1 saturated heterocycles. The first-order chi connectivity index (χ1) is 9.09. The summed E-state index contributed by atoms with van der Waals surface area (Å²) >= 11 is -1.96. The summed E-state index contributed by atoms with van der Waals surface area (Å²) < 4.78 is 20.0. The minimum atomic E-state index is -1.96. The van der Waals surface area contributed by atoms with E-state index in [-0.39, 0.29) is 11.7 Å². The number of piperidine rings is 1. The molecule has 1 aliphatic rings.